The summed E-state index contributed by atoms with van der Waals surface area (Å²) in [6.45, 7) is 4.40. The van der Waals surface area contributed by atoms with Crippen LogP contribution in [0.1, 0.15) is 26.7 Å². The van der Waals surface area contributed by atoms with Crippen LogP contribution in [0.3, 0.4) is 0 Å². The normalized spacial score (nSPS) is 12.2. The minimum atomic E-state index is -0.680. The molecule has 0 radical (unpaired) electrons. The van der Waals surface area contributed by atoms with Crippen molar-refractivity contribution >= 4 is 6.16 Å². The second kappa shape index (κ2) is 6.91. The summed E-state index contributed by atoms with van der Waals surface area (Å²) in [4.78, 5) is 10.6. The molecule has 0 saturated carbocycles. The fraction of sp³-hybridized carbons (Fsp3) is 0.875. The maximum absolute atomic E-state index is 10.6. The minimum Gasteiger partial charge on any atom is -0.434 e. The van der Waals surface area contributed by atoms with E-state index in [-0.39, 0.29) is 6.73 Å². The molecule has 12 heavy (non-hydrogen) atoms. The Labute approximate surface area is 73.0 Å². The van der Waals surface area contributed by atoms with E-state index >= 15 is 0 Å². The number of hydrogen-bond acceptors (Lipinski definition) is 4. The molecule has 1 unspecified atom stereocenters. The highest BCUT2D eigenvalue weighted by molar-refractivity contribution is 5.59. The molecule has 72 valence electrons. The number of carbonyl (C=O) groups excluding carboxylic acids is 1. The van der Waals surface area contributed by atoms with Crippen molar-refractivity contribution in [2.24, 2.45) is 11.7 Å². The Morgan fingerprint density at radius 1 is 1.50 bits per heavy atom. The van der Waals surface area contributed by atoms with Gasteiger partial charge in [0.2, 0.25) is 0 Å². The Balaban J connectivity index is 3.33. The topological polar surface area (TPSA) is 61.5 Å². The standard InChI is InChI=1S/C8H17NO3/c1-3-4-7(2)5-11-8(10)12-6-9/h7H,3-6,9H2,1-2H3. The van der Waals surface area contributed by atoms with Gasteiger partial charge in [0, 0.05) is 0 Å². The van der Waals surface area contributed by atoms with Gasteiger partial charge >= 0.3 is 6.16 Å². The van der Waals surface area contributed by atoms with Gasteiger partial charge in [-0.15, -0.1) is 0 Å². The molecule has 0 spiro atoms. The molecule has 0 aromatic carbocycles. The van der Waals surface area contributed by atoms with Crippen LogP contribution in [-0.4, -0.2) is 19.5 Å². The molecule has 0 aromatic heterocycles. The van der Waals surface area contributed by atoms with E-state index in [0.29, 0.717) is 12.5 Å². The molecule has 0 aliphatic carbocycles. The maximum Gasteiger partial charge on any atom is 0.509 e. The third kappa shape index (κ3) is 5.97. The maximum atomic E-state index is 10.6. The van der Waals surface area contributed by atoms with Crippen LogP contribution in [0, 0.1) is 5.92 Å². The smallest absolute Gasteiger partial charge is 0.434 e. The quantitative estimate of drug-likeness (QED) is 0.508. The van der Waals surface area contributed by atoms with Crippen molar-refractivity contribution in [2.75, 3.05) is 13.3 Å². The van der Waals surface area contributed by atoms with Gasteiger partial charge in [0.15, 0.2) is 0 Å². The molecule has 0 fully saturated rings. The van der Waals surface area contributed by atoms with E-state index in [0.717, 1.165) is 12.8 Å². The van der Waals surface area contributed by atoms with Crippen molar-refractivity contribution in [3.8, 4) is 0 Å². The minimum absolute atomic E-state index is 0.124. The molecule has 2 N–H and O–H groups in total. The Kier molecular flexibility index (Phi) is 6.47. The van der Waals surface area contributed by atoms with Gasteiger partial charge in [-0.3, -0.25) is 5.73 Å². The average Bonchev–Trinajstić information content (AvgIpc) is 2.02. The molecule has 0 aliphatic heterocycles. The Bertz CT molecular complexity index is 127. The zero-order valence-electron chi connectivity index (χ0n) is 7.71. The van der Waals surface area contributed by atoms with Gasteiger partial charge in [-0.1, -0.05) is 20.3 Å². The zero-order valence-corrected chi connectivity index (χ0v) is 7.71. The summed E-state index contributed by atoms with van der Waals surface area (Å²) in [5.41, 5.74) is 4.97. The molecule has 0 rings (SSSR count). The summed E-state index contributed by atoms with van der Waals surface area (Å²) in [7, 11) is 0. The lowest BCUT2D eigenvalue weighted by atomic mass is 10.1. The van der Waals surface area contributed by atoms with E-state index in [9.17, 15) is 4.79 Å². The van der Waals surface area contributed by atoms with E-state index in [1.165, 1.54) is 0 Å². The van der Waals surface area contributed by atoms with Crippen molar-refractivity contribution in [2.45, 2.75) is 26.7 Å². The van der Waals surface area contributed by atoms with Crippen LogP contribution >= 0.6 is 0 Å². The van der Waals surface area contributed by atoms with Crippen LogP contribution < -0.4 is 5.73 Å². The van der Waals surface area contributed by atoms with Crippen LogP contribution in [0.15, 0.2) is 0 Å². The predicted molar refractivity (Wildman–Crippen MR) is 45.6 cm³/mol. The largest absolute Gasteiger partial charge is 0.509 e. The number of hydrogen-bond donors (Lipinski definition) is 1. The summed E-state index contributed by atoms with van der Waals surface area (Å²) in [6, 6.07) is 0. The van der Waals surface area contributed by atoms with Gasteiger partial charge in [0.05, 0.1) is 6.61 Å². The summed E-state index contributed by atoms with van der Waals surface area (Å²) in [6.07, 6.45) is 1.47. The van der Waals surface area contributed by atoms with Crippen LogP contribution in [0.5, 0.6) is 0 Å². The van der Waals surface area contributed by atoms with Crippen LogP contribution in [0.25, 0.3) is 0 Å². The lowest BCUT2D eigenvalue weighted by molar-refractivity contribution is 0.0467. The third-order valence-electron chi connectivity index (χ3n) is 1.47. The van der Waals surface area contributed by atoms with Gasteiger partial charge in [0.1, 0.15) is 6.73 Å². The SMILES string of the molecule is CCCC(C)COC(=O)OCN. The Hall–Kier alpha value is -0.770. The molecule has 0 heterocycles. The summed E-state index contributed by atoms with van der Waals surface area (Å²) in [5.74, 6) is 0.389. The lowest BCUT2D eigenvalue weighted by Gasteiger charge is -2.09. The van der Waals surface area contributed by atoms with E-state index in [2.05, 4.69) is 11.7 Å². The molecule has 0 amide bonds. The van der Waals surface area contributed by atoms with Crippen molar-refractivity contribution in [3.63, 3.8) is 0 Å². The fourth-order valence-electron chi connectivity index (χ4n) is 0.896. The third-order valence-corrected chi connectivity index (χ3v) is 1.47. The van der Waals surface area contributed by atoms with Gasteiger partial charge in [-0.05, 0) is 12.3 Å². The number of rotatable bonds is 5. The number of carbonyl (C=O) groups is 1. The van der Waals surface area contributed by atoms with E-state index in [4.69, 9.17) is 10.5 Å². The first-order valence-corrected chi connectivity index (χ1v) is 4.20. The lowest BCUT2D eigenvalue weighted by Crippen LogP contribution is -2.16. The fourth-order valence-corrected chi connectivity index (χ4v) is 0.896. The molecule has 0 bridgehead atoms. The Morgan fingerprint density at radius 3 is 2.67 bits per heavy atom. The second-order valence-electron chi connectivity index (χ2n) is 2.77. The first-order valence-electron chi connectivity index (χ1n) is 4.20. The molecule has 0 aromatic rings. The highest BCUT2D eigenvalue weighted by atomic mass is 16.7. The molecular weight excluding hydrogens is 158 g/mol. The highest BCUT2D eigenvalue weighted by Gasteiger charge is 2.06. The summed E-state index contributed by atoms with van der Waals surface area (Å²) < 4.78 is 9.14. The number of ether oxygens (including phenoxy) is 2. The van der Waals surface area contributed by atoms with Crippen molar-refractivity contribution in [1.29, 1.82) is 0 Å². The van der Waals surface area contributed by atoms with E-state index < -0.39 is 6.16 Å². The molecule has 0 aliphatic rings. The monoisotopic (exact) mass is 175 g/mol. The van der Waals surface area contributed by atoms with Crippen molar-refractivity contribution in [3.05, 3.63) is 0 Å². The molecule has 0 saturated heterocycles. The summed E-state index contributed by atoms with van der Waals surface area (Å²) in [5, 5.41) is 0. The van der Waals surface area contributed by atoms with Crippen molar-refractivity contribution < 1.29 is 14.3 Å². The van der Waals surface area contributed by atoms with E-state index in [1.807, 2.05) is 6.92 Å². The van der Waals surface area contributed by atoms with E-state index in [1.54, 1.807) is 0 Å². The number of nitrogens with two attached hydrogens (primary N) is 1. The molecule has 4 nitrogen and oxygen atoms in total. The first kappa shape index (κ1) is 11.2. The second-order valence-corrected chi connectivity index (χ2v) is 2.77. The van der Waals surface area contributed by atoms with Crippen LogP contribution in [0.2, 0.25) is 0 Å². The molecule has 1 atom stereocenters. The average molecular weight is 175 g/mol. The zero-order chi connectivity index (χ0) is 9.40. The van der Waals surface area contributed by atoms with Crippen molar-refractivity contribution in [1.82, 2.24) is 0 Å². The predicted octanol–water partition coefficient (Wildman–Crippen LogP) is 1.49. The molecular formula is C8H17NO3. The van der Waals surface area contributed by atoms with Gasteiger partial charge in [-0.25, -0.2) is 4.79 Å². The van der Waals surface area contributed by atoms with Gasteiger partial charge < -0.3 is 9.47 Å². The Morgan fingerprint density at radius 2 is 2.17 bits per heavy atom. The van der Waals surface area contributed by atoms with Crippen LogP contribution in [-0.2, 0) is 9.47 Å². The molecule has 4 heteroatoms. The highest BCUT2D eigenvalue weighted by Crippen LogP contribution is 2.05. The van der Waals surface area contributed by atoms with Gasteiger partial charge in [-0.2, -0.15) is 0 Å². The first-order chi connectivity index (χ1) is 5.70. The summed E-state index contributed by atoms with van der Waals surface area (Å²) >= 11 is 0. The van der Waals surface area contributed by atoms with Gasteiger partial charge in [0.25, 0.3) is 0 Å². The van der Waals surface area contributed by atoms with Crippen LogP contribution in [0.4, 0.5) is 4.79 Å².